The Morgan fingerprint density at radius 3 is 2.55 bits per heavy atom. The van der Waals surface area contributed by atoms with E-state index in [-0.39, 0.29) is 0 Å². The molecule has 0 unspecified atom stereocenters. The molecule has 0 bridgehead atoms. The molecule has 0 amide bonds. The molecule has 0 aromatic carbocycles. The molecule has 1 saturated heterocycles. The summed E-state index contributed by atoms with van der Waals surface area (Å²) in [4.78, 5) is 13.3. The van der Waals surface area contributed by atoms with Gasteiger partial charge in [0.25, 0.3) is 0 Å². The van der Waals surface area contributed by atoms with Crippen molar-refractivity contribution >= 4 is 45.5 Å². The Morgan fingerprint density at radius 2 is 1.90 bits per heavy atom. The number of aromatic nitrogens is 2. The molecule has 106 valence electrons. The fourth-order valence-corrected chi connectivity index (χ4v) is 3.40. The summed E-state index contributed by atoms with van der Waals surface area (Å²) in [6.45, 7) is 3.76. The molecule has 0 aliphatic carbocycles. The molecule has 3 rings (SSSR count). The van der Waals surface area contributed by atoms with Crippen molar-refractivity contribution in [1.82, 2.24) is 9.97 Å². The van der Waals surface area contributed by atoms with E-state index in [0.29, 0.717) is 10.9 Å². The second-order valence-electron chi connectivity index (χ2n) is 4.56. The Kier molecular flexibility index (Phi) is 4.29. The van der Waals surface area contributed by atoms with Crippen molar-refractivity contribution in [2.75, 3.05) is 36.0 Å². The zero-order chi connectivity index (χ0) is 13.9. The van der Waals surface area contributed by atoms with Gasteiger partial charge in [-0.15, -0.1) is 22.9 Å². The maximum Gasteiger partial charge on any atom is 0.185 e. The molecule has 20 heavy (non-hydrogen) atoms. The highest BCUT2D eigenvalue weighted by Crippen LogP contribution is 2.24. The molecule has 0 atom stereocenters. The first-order valence-corrected chi connectivity index (χ1v) is 8.17. The summed E-state index contributed by atoms with van der Waals surface area (Å²) < 4.78 is 0. The van der Waals surface area contributed by atoms with E-state index in [1.54, 1.807) is 17.5 Å². The first kappa shape index (κ1) is 13.9. The topological polar surface area (TPSA) is 32.3 Å². The third kappa shape index (κ3) is 2.85. The van der Waals surface area contributed by atoms with Crippen LogP contribution in [0.25, 0.3) is 0 Å². The van der Waals surface area contributed by atoms with Gasteiger partial charge in [0, 0.05) is 49.8 Å². The Labute approximate surface area is 132 Å². The first-order valence-electron chi connectivity index (χ1n) is 6.37. The molecule has 0 spiro atoms. The molecule has 0 saturated carbocycles. The number of thiazole rings is 1. The molecule has 0 radical (unpaired) electrons. The molecule has 1 aliphatic heterocycles. The number of nitrogens with zero attached hydrogens (tertiary/aromatic N) is 4. The van der Waals surface area contributed by atoms with Crippen LogP contribution in [0.2, 0.25) is 5.02 Å². The molecular formula is C13H14Cl2N4S. The van der Waals surface area contributed by atoms with Crippen molar-refractivity contribution in [2.24, 2.45) is 0 Å². The molecule has 7 heteroatoms. The molecule has 1 aliphatic rings. The minimum atomic E-state index is 0.410. The predicted molar refractivity (Wildman–Crippen MR) is 85.3 cm³/mol. The number of hydrogen-bond acceptors (Lipinski definition) is 5. The number of pyridine rings is 1. The molecule has 0 N–H and O–H groups in total. The third-order valence-corrected chi connectivity index (χ3v) is 4.82. The van der Waals surface area contributed by atoms with E-state index in [0.717, 1.165) is 42.7 Å². The fraction of sp³-hybridized carbons (Fsp3) is 0.385. The van der Waals surface area contributed by atoms with Crippen molar-refractivity contribution in [3.8, 4) is 0 Å². The van der Waals surface area contributed by atoms with E-state index < -0.39 is 0 Å². The van der Waals surface area contributed by atoms with Gasteiger partial charge in [-0.3, -0.25) is 0 Å². The summed E-state index contributed by atoms with van der Waals surface area (Å²) in [6.07, 6.45) is 3.53. The SMILES string of the molecule is ClCc1cc(N2CCN(c3nccs3)CC2)ncc1Cl. The molecule has 2 aromatic rings. The Hall–Kier alpha value is -1.04. The van der Waals surface area contributed by atoms with Gasteiger partial charge in [0.15, 0.2) is 5.13 Å². The van der Waals surface area contributed by atoms with Crippen molar-refractivity contribution in [3.05, 3.63) is 34.4 Å². The smallest absolute Gasteiger partial charge is 0.185 e. The summed E-state index contributed by atoms with van der Waals surface area (Å²) in [5.41, 5.74) is 0.931. The summed E-state index contributed by atoms with van der Waals surface area (Å²) in [5.74, 6) is 1.36. The summed E-state index contributed by atoms with van der Waals surface area (Å²) in [7, 11) is 0. The van der Waals surface area contributed by atoms with Crippen molar-refractivity contribution in [1.29, 1.82) is 0 Å². The van der Waals surface area contributed by atoms with Gasteiger partial charge in [0.1, 0.15) is 5.82 Å². The summed E-state index contributed by atoms with van der Waals surface area (Å²) in [5, 5.41) is 3.73. The lowest BCUT2D eigenvalue weighted by Gasteiger charge is -2.35. The number of alkyl halides is 1. The molecule has 4 nitrogen and oxygen atoms in total. The Morgan fingerprint density at radius 1 is 1.15 bits per heavy atom. The van der Waals surface area contributed by atoms with Gasteiger partial charge in [0.2, 0.25) is 0 Å². The molecular weight excluding hydrogens is 315 g/mol. The van der Waals surface area contributed by atoms with Crippen LogP contribution in [0.3, 0.4) is 0 Å². The van der Waals surface area contributed by atoms with E-state index in [4.69, 9.17) is 23.2 Å². The molecule has 2 aromatic heterocycles. The van der Waals surface area contributed by atoms with E-state index in [2.05, 4.69) is 19.8 Å². The summed E-state index contributed by atoms with van der Waals surface area (Å²) in [6, 6.07) is 1.98. The highest BCUT2D eigenvalue weighted by Gasteiger charge is 2.20. The number of piperazine rings is 1. The zero-order valence-corrected chi connectivity index (χ0v) is 13.1. The monoisotopic (exact) mass is 328 g/mol. The minimum Gasteiger partial charge on any atom is -0.353 e. The fourth-order valence-electron chi connectivity index (χ4n) is 2.24. The number of hydrogen-bond donors (Lipinski definition) is 0. The van der Waals surface area contributed by atoms with E-state index in [9.17, 15) is 0 Å². The largest absolute Gasteiger partial charge is 0.353 e. The van der Waals surface area contributed by atoms with Crippen LogP contribution in [0, 0.1) is 0 Å². The first-order chi connectivity index (χ1) is 9.78. The van der Waals surface area contributed by atoms with Crippen molar-refractivity contribution in [2.45, 2.75) is 5.88 Å². The summed E-state index contributed by atoms with van der Waals surface area (Å²) >= 11 is 13.6. The van der Waals surface area contributed by atoms with E-state index >= 15 is 0 Å². The van der Waals surface area contributed by atoms with Crippen LogP contribution >= 0.6 is 34.5 Å². The normalized spacial score (nSPS) is 15.7. The third-order valence-electron chi connectivity index (χ3n) is 3.36. The second kappa shape index (κ2) is 6.16. The van der Waals surface area contributed by atoms with Crippen LogP contribution < -0.4 is 9.80 Å². The maximum atomic E-state index is 6.05. The highest BCUT2D eigenvalue weighted by molar-refractivity contribution is 7.13. The Bertz CT molecular complexity index is 568. The number of anilines is 2. The average molecular weight is 329 g/mol. The lowest BCUT2D eigenvalue weighted by Crippen LogP contribution is -2.46. The molecule has 3 heterocycles. The van der Waals surface area contributed by atoms with Crippen LogP contribution in [0.5, 0.6) is 0 Å². The second-order valence-corrected chi connectivity index (χ2v) is 6.10. The standard InChI is InChI=1S/C13H14Cl2N4S/c14-8-10-7-12(17-9-11(10)15)18-2-4-19(5-3-18)13-16-1-6-20-13/h1,6-7,9H,2-5,8H2. The molecule has 1 fully saturated rings. The lowest BCUT2D eigenvalue weighted by atomic mass is 10.2. The quantitative estimate of drug-likeness (QED) is 0.809. The van der Waals surface area contributed by atoms with Crippen LogP contribution in [0.15, 0.2) is 23.8 Å². The zero-order valence-electron chi connectivity index (χ0n) is 10.8. The van der Waals surface area contributed by atoms with Crippen LogP contribution in [0.4, 0.5) is 10.9 Å². The Balaban J connectivity index is 1.69. The predicted octanol–water partition coefficient (Wildman–Crippen LogP) is 3.26. The minimum absolute atomic E-state index is 0.410. The number of rotatable bonds is 3. The van der Waals surface area contributed by atoms with Gasteiger partial charge in [-0.2, -0.15) is 0 Å². The van der Waals surface area contributed by atoms with Gasteiger partial charge in [-0.05, 0) is 11.6 Å². The maximum absolute atomic E-state index is 6.05. The lowest BCUT2D eigenvalue weighted by molar-refractivity contribution is 0.646. The van der Waals surface area contributed by atoms with Crippen LogP contribution in [-0.4, -0.2) is 36.1 Å². The highest BCUT2D eigenvalue weighted by atomic mass is 35.5. The van der Waals surface area contributed by atoms with Crippen LogP contribution in [0.1, 0.15) is 5.56 Å². The average Bonchev–Trinajstić information content (AvgIpc) is 3.02. The van der Waals surface area contributed by atoms with Crippen LogP contribution in [-0.2, 0) is 5.88 Å². The van der Waals surface area contributed by atoms with Gasteiger partial charge < -0.3 is 9.80 Å². The van der Waals surface area contributed by atoms with Crippen molar-refractivity contribution in [3.63, 3.8) is 0 Å². The van der Waals surface area contributed by atoms with E-state index in [1.165, 1.54) is 0 Å². The van der Waals surface area contributed by atoms with Crippen molar-refractivity contribution < 1.29 is 0 Å². The number of halogens is 2. The van der Waals surface area contributed by atoms with Gasteiger partial charge in [0.05, 0.1) is 5.02 Å². The van der Waals surface area contributed by atoms with E-state index in [1.807, 2.05) is 17.6 Å². The van der Waals surface area contributed by atoms with Gasteiger partial charge >= 0.3 is 0 Å². The van der Waals surface area contributed by atoms with Gasteiger partial charge in [-0.1, -0.05) is 11.6 Å². The van der Waals surface area contributed by atoms with Gasteiger partial charge in [-0.25, -0.2) is 9.97 Å².